The van der Waals surface area contributed by atoms with Crippen molar-refractivity contribution in [2.75, 3.05) is 7.11 Å². The zero-order valence-corrected chi connectivity index (χ0v) is 11.9. The molecule has 5 heteroatoms. The summed E-state index contributed by atoms with van der Waals surface area (Å²) in [7, 11) is 1.63. The Morgan fingerprint density at radius 3 is 2.59 bits per heavy atom. The normalized spacial score (nSPS) is 16.0. The molecule has 4 rings (SSSR count). The van der Waals surface area contributed by atoms with Gasteiger partial charge in [0, 0.05) is 11.8 Å². The quantitative estimate of drug-likeness (QED) is 0.777. The average molecular weight is 291 g/mol. The minimum absolute atomic E-state index is 0.219. The lowest BCUT2D eigenvalue weighted by molar-refractivity contribution is 0.407. The topological polar surface area (TPSA) is 66.8 Å². The number of methoxy groups -OCH3 is 1. The monoisotopic (exact) mass is 291 g/mol. The van der Waals surface area contributed by atoms with Gasteiger partial charge in [-0.3, -0.25) is 9.79 Å². The van der Waals surface area contributed by atoms with Crippen molar-refractivity contribution in [2.45, 2.75) is 6.17 Å². The summed E-state index contributed by atoms with van der Waals surface area (Å²) in [6.07, 6.45) is 1.14. The summed E-state index contributed by atoms with van der Waals surface area (Å²) in [4.78, 5) is 23.4. The molecular weight excluding hydrogens is 278 g/mol. The van der Waals surface area contributed by atoms with E-state index in [1.54, 1.807) is 19.4 Å². The van der Waals surface area contributed by atoms with Crippen LogP contribution in [0.3, 0.4) is 0 Å². The molecule has 0 radical (unpaired) electrons. The predicted molar refractivity (Wildman–Crippen MR) is 82.6 cm³/mol. The van der Waals surface area contributed by atoms with Crippen LogP contribution in [0.15, 0.2) is 63.4 Å². The minimum Gasteiger partial charge on any atom is -0.496 e. The van der Waals surface area contributed by atoms with Crippen LogP contribution in [0.4, 0.5) is 0 Å². The minimum atomic E-state index is -0.446. The van der Waals surface area contributed by atoms with E-state index in [1.165, 1.54) is 0 Å². The van der Waals surface area contributed by atoms with Crippen LogP contribution in [0, 0.1) is 0 Å². The van der Waals surface area contributed by atoms with Gasteiger partial charge in [-0.05, 0) is 29.0 Å². The Bertz CT molecular complexity index is 1050. The van der Waals surface area contributed by atoms with Crippen molar-refractivity contribution in [1.82, 2.24) is 4.98 Å². The van der Waals surface area contributed by atoms with Crippen LogP contribution < -0.4 is 21.0 Å². The van der Waals surface area contributed by atoms with E-state index in [0.29, 0.717) is 10.7 Å². The number of aromatic nitrogens is 1. The van der Waals surface area contributed by atoms with Gasteiger partial charge >= 0.3 is 0 Å². The van der Waals surface area contributed by atoms with Gasteiger partial charge in [0.05, 0.1) is 12.5 Å². The highest BCUT2D eigenvalue weighted by atomic mass is 16.5. The molecule has 1 aliphatic rings. The van der Waals surface area contributed by atoms with Gasteiger partial charge in [0.2, 0.25) is 0 Å². The van der Waals surface area contributed by atoms with Gasteiger partial charge in [-0.15, -0.1) is 0 Å². The van der Waals surface area contributed by atoms with Crippen LogP contribution in [0.25, 0.3) is 10.8 Å². The molecule has 0 saturated carbocycles. The molecule has 0 amide bonds. The maximum atomic E-state index is 11.8. The molecule has 1 aliphatic heterocycles. The van der Waals surface area contributed by atoms with Crippen LogP contribution in [0.2, 0.25) is 0 Å². The van der Waals surface area contributed by atoms with Crippen molar-refractivity contribution in [3.8, 4) is 5.75 Å². The Morgan fingerprint density at radius 1 is 1.09 bits per heavy atom. The second-order valence-electron chi connectivity index (χ2n) is 5.11. The molecule has 1 atom stereocenters. The fourth-order valence-electron chi connectivity index (χ4n) is 2.73. The number of nitrogens with one attached hydrogen (secondary N) is 1. The smallest absolute Gasteiger partial charge is 0.275 e. The van der Waals surface area contributed by atoms with Crippen molar-refractivity contribution >= 4 is 10.8 Å². The fraction of sp³-hybridized carbons (Fsp3) is 0.118. The third-order valence-corrected chi connectivity index (χ3v) is 3.80. The van der Waals surface area contributed by atoms with Crippen molar-refractivity contribution in [1.29, 1.82) is 0 Å². The SMILES string of the molecule is COc1cc2ccccc2cc1C1N=c2cc[nH]c(=O)c2=N1. The molecule has 1 N–H and O–H groups in total. The van der Waals surface area contributed by atoms with Gasteiger partial charge < -0.3 is 9.72 Å². The summed E-state index contributed by atoms with van der Waals surface area (Å²) in [5, 5.41) is 3.18. The van der Waals surface area contributed by atoms with E-state index < -0.39 is 6.17 Å². The van der Waals surface area contributed by atoms with E-state index >= 15 is 0 Å². The van der Waals surface area contributed by atoms with Crippen LogP contribution in [-0.4, -0.2) is 12.1 Å². The van der Waals surface area contributed by atoms with Gasteiger partial charge in [-0.1, -0.05) is 24.3 Å². The first kappa shape index (κ1) is 12.8. The number of aromatic amines is 1. The average Bonchev–Trinajstić information content (AvgIpc) is 2.99. The first-order chi connectivity index (χ1) is 10.8. The molecular formula is C17H13N3O2. The number of rotatable bonds is 2. The highest BCUT2D eigenvalue weighted by Crippen LogP contribution is 2.33. The Labute approximate surface area is 125 Å². The molecule has 0 fully saturated rings. The molecule has 0 saturated heterocycles. The number of hydrogen-bond donors (Lipinski definition) is 1. The van der Waals surface area contributed by atoms with E-state index in [9.17, 15) is 4.79 Å². The molecule has 1 unspecified atom stereocenters. The largest absolute Gasteiger partial charge is 0.496 e. The van der Waals surface area contributed by atoms with E-state index in [2.05, 4.69) is 15.0 Å². The second kappa shape index (κ2) is 4.80. The Kier molecular flexibility index (Phi) is 2.79. The molecule has 3 aromatic rings. The number of pyridine rings is 1. The summed E-state index contributed by atoms with van der Waals surface area (Å²) in [6.45, 7) is 0. The molecule has 2 aromatic carbocycles. The van der Waals surface area contributed by atoms with Gasteiger partial charge in [0.1, 0.15) is 5.75 Å². The lowest BCUT2D eigenvalue weighted by Crippen LogP contribution is -2.38. The first-order valence-corrected chi connectivity index (χ1v) is 6.96. The van der Waals surface area contributed by atoms with Crippen molar-refractivity contribution in [3.63, 3.8) is 0 Å². The first-order valence-electron chi connectivity index (χ1n) is 6.96. The number of benzene rings is 2. The highest BCUT2D eigenvalue weighted by Gasteiger charge is 2.19. The number of fused-ring (bicyclic) bond motifs is 2. The van der Waals surface area contributed by atoms with Crippen LogP contribution in [0.1, 0.15) is 11.7 Å². The third kappa shape index (κ3) is 1.90. The standard InChI is InChI=1S/C17H13N3O2/c1-22-14-9-11-5-3-2-4-10(11)8-12(14)16-19-13-6-7-18-17(21)15(13)20-16/h2-9,16H,1H3,(H,18,21). The van der Waals surface area contributed by atoms with E-state index in [-0.39, 0.29) is 5.56 Å². The maximum absolute atomic E-state index is 11.8. The zero-order chi connectivity index (χ0) is 15.1. The second-order valence-corrected chi connectivity index (χ2v) is 5.11. The molecule has 1 aromatic heterocycles. The summed E-state index contributed by atoms with van der Waals surface area (Å²) in [6, 6.07) is 13.8. The number of hydrogen-bond acceptors (Lipinski definition) is 4. The number of nitrogens with zero attached hydrogens (tertiary/aromatic N) is 2. The summed E-state index contributed by atoms with van der Waals surface area (Å²) in [5.41, 5.74) is 0.639. The van der Waals surface area contributed by atoms with Gasteiger partial charge in [0.15, 0.2) is 11.5 Å². The van der Waals surface area contributed by atoms with Crippen LogP contribution in [-0.2, 0) is 0 Å². The Hall–Kier alpha value is -2.95. The molecule has 0 spiro atoms. The lowest BCUT2D eigenvalue weighted by atomic mass is 10.0. The molecule has 22 heavy (non-hydrogen) atoms. The Morgan fingerprint density at radius 2 is 1.86 bits per heavy atom. The van der Waals surface area contributed by atoms with E-state index in [4.69, 9.17) is 4.74 Å². The maximum Gasteiger partial charge on any atom is 0.275 e. The molecule has 108 valence electrons. The lowest BCUT2D eigenvalue weighted by Gasteiger charge is -2.12. The fourth-order valence-corrected chi connectivity index (χ4v) is 2.73. The van der Waals surface area contributed by atoms with Crippen molar-refractivity contribution < 1.29 is 4.74 Å². The number of H-pyrrole nitrogens is 1. The van der Waals surface area contributed by atoms with Gasteiger partial charge in [-0.25, -0.2) is 4.99 Å². The molecule has 0 aliphatic carbocycles. The summed E-state index contributed by atoms with van der Waals surface area (Å²) in [5.74, 6) is 0.723. The summed E-state index contributed by atoms with van der Waals surface area (Å²) < 4.78 is 5.49. The molecule has 2 heterocycles. The van der Waals surface area contributed by atoms with Gasteiger partial charge in [-0.2, -0.15) is 0 Å². The van der Waals surface area contributed by atoms with E-state index in [1.807, 2.05) is 36.4 Å². The molecule has 5 nitrogen and oxygen atoms in total. The van der Waals surface area contributed by atoms with E-state index in [0.717, 1.165) is 22.1 Å². The van der Waals surface area contributed by atoms with Crippen molar-refractivity contribution in [3.05, 3.63) is 75.3 Å². The van der Waals surface area contributed by atoms with Gasteiger partial charge in [0.25, 0.3) is 5.56 Å². The third-order valence-electron chi connectivity index (χ3n) is 3.80. The predicted octanol–water partition coefficient (Wildman–Crippen LogP) is 1.49. The summed E-state index contributed by atoms with van der Waals surface area (Å²) >= 11 is 0. The van der Waals surface area contributed by atoms with Crippen LogP contribution in [0.5, 0.6) is 5.75 Å². The number of ether oxygens (including phenoxy) is 1. The van der Waals surface area contributed by atoms with Crippen LogP contribution >= 0.6 is 0 Å². The van der Waals surface area contributed by atoms with Crippen molar-refractivity contribution in [2.24, 2.45) is 9.98 Å². The highest BCUT2D eigenvalue weighted by molar-refractivity contribution is 5.85. The zero-order valence-electron chi connectivity index (χ0n) is 11.9. The Balaban J connectivity index is 1.95. The molecule has 0 bridgehead atoms.